The smallest absolute Gasteiger partial charge is 0.106 e. The van der Waals surface area contributed by atoms with E-state index in [1.807, 2.05) is 63.0 Å². The highest BCUT2D eigenvalue weighted by molar-refractivity contribution is 8.77. The maximum atomic E-state index is 4.50. The van der Waals surface area contributed by atoms with Crippen LogP contribution in [0.4, 0.5) is 0 Å². The summed E-state index contributed by atoms with van der Waals surface area (Å²) < 4.78 is 0. The van der Waals surface area contributed by atoms with Crippen LogP contribution < -0.4 is 0 Å². The Labute approximate surface area is 148 Å². The fraction of sp³-hybridized carbons (Fsp3) is 0.375. The average molecular weight is 369 g/mol. The Balaban J connectivity index is 1.83. The van der Waals surface area contributed by atoms with Crippen LogP contribution in [0, 0.1) is 0 Å². The van der Waals surface area contributed by atoms with Gasteiger partial charge in [0.1, 0.15) is 5.03 Å². The molecule has 2 aromatic rings. The van der Waals surface area contributed by atoms with Gasteiger partial charge in [-0.15, -0.1) is 0 Å². The molecule has 0 aliphatic rings. The summed E-state index contributed by atoms with van der Waals surface area (Å²) in [5, 5.41) is 2.19. The average Bonchev–Trinajstić information content (AvgIpc) is 2.52. The highest BCUT2D eigenvalue weighted by atomic mass is 33.1. The molecular formula is C16H20N2S4. The molecule has 1 unspecified atom stereocenters. The van der Waals surface area contributed by atoms with E-state index in [0.29, 0.717) is 10.5 Å². The molecule has 0 bridgehead atoms. The van der Waals surface area contributed by atoms with Crippen LogP contribution in [0.2, 0.25) is 0 Å². The standard InChI is InChI=1S/C16H20N2S4/c1-12(2)19-21-15-7-9-17-14(11-15)10-13(3)20-22-16-6-4-5-8-18-16/h4-9,11-13H,10H2,1-3H3. The van der Waals surface area contributed by atoms with Crippen molar-refractivity contribution in [2.24, 2.45) is 0 Å². The molecule has 2 nitrogen and oxygen atoms in total. The molecule has 0 fully saturated rings. The van der Waals surface area contributed by atoms with Gasteiger partial charge in [0.25, 0.3) is 0 Å². The number of pyridine rings is 2. The van der Waals surface area contributed by atoms with Crippen molar-refractivity contribution in [3.63, 3.8) is 0 Å². The molecule has 0 aromatic carbocycles. The molecule has 0 aliphatic carbocycles. The number of aromatic nitrogens is 2. The second-order valence-corrected chi connectivity index (χ2v) is 10.6. The summed E-state index contributed by atoms with van der Waals surface area (Å²) in [5.74, 6) is 0. The highest BCUT2D eigenvalue weighted by Gasteiger charge is 2.08. The van der Waals surface area contributed by atoms with E-state index in [9.17, 15) is 0 Å². The van der Waals surface area contributed by atoms with Gasteiger partial charge in [0.05, 0.1) is 0 Å². The van der Waals surface area contributed by atoms with Crippen molar-refractivity contribution in [1.82, 2.24) is 9.97 Å². The SMILES string of the molecule is CC(C)SSc1ccnc(CC(C)SSc2ccccn2)c1. The van der Waals surface area contributed by atoms with E-state index in [-0.39, 0.29) is 0 Å². The van der Waals surface area contributed by atoms with Gasteiger partial charge in [0.2, 0.25) is 0 Å². The largest absolute Gasteiger partial charge is 0.261 e. The van der Waals surface area contributed by atoms with Crippen molar-refractivity contribution < 1.29 is 0 Å². The molecule has 2 heterocycles. The molecule has 2 aromatic heterocycles. The Morgan fingerprint density at radius 2 is 1.82 bits per heavy atom. The normalized spacial score (nSPS) is 12.5. The third kappa shape index (κ3) is 6.86. The summed E-state index contributed by atoms with van der Waals surface area (Å²) in [6.07, 6.45) is 4.73. The van der Waals surface area contributed by atoms with Crippen LogP contribution in [0.5, 0.6) is 0 Å². The zero-order chi connectivity index (χ0) is 15.8. The number of rotatable bonds is 8. The molecule has 118 valence electrons. The van der Waals surface area contributed by atoms with Gasteiger partial charge < -0.3 is 0 Å². The first kappa shape index (κ1) is 18.0. The van der Waals surface area contributed by atoms with Crippen molar-refractivity contribution >= 4 is 43.2 Å². The van der Waals surface area contributed by atoms with E-state index < -0.39 is 0 Å². The maximum Gasteiger partial charge on any atom is 0.106 e. The molecule has 0 N–H and O–H groups in total. The molecule has 0 saturated carbocycles. The van der Waals surface area contributed by atoms with E-state index in [1.54, 1.807) is 10.8 Å². The van der Waals surface area contributed by atoms with E-state index in [0.717, 1.165) is 17.1 Å². The lowest BCUT2D eigenvalue weighted by Crippen LogP contribution is -2.02. The number of hydrogen-bond donors (Lipinski definition) is 0. The Bertz CT molecular complexity index is 563. The first-order valence-electron chi connectivity index (χ1n) is 7.16. The summed E-state index contributed by atoms with van der Waals surface area (Å²) in [5.41, 5.74) is 1.16. The lowest BCUT2D eigenvalue weighted by Gasteiger charge is -2.10. The lowest BCUT2D eigenvalue weighted by molar-refractivity contribution is 0.898. The quantitative estimate of drug-likeness (QED) is 0.530. The summed E-state index contributed by atoms with van der Waals surface area (Å²) in [6, 6.07) is 10.3. The maximum absolute atomic E-state index is 4.50. The fourth-order valence-corrected chi connectivity index (χ4v) is 5.48. The van der Waals surface area contributed by atoms with Crippen LogP contribution in [0.1, 0.15) is 26.5 Å². The van der Waals surface area contributed by atoms with Crippen LogP contribution in [0.15, 0.2) is 52.6 Å². The van der Waals surface area contributed by atoms with Crippen LogP contribution in [-0.4, -0.2) is 20.5 Å². The van der Waals surface area contributed by atoms with Gasteiger partial charge in [-0.05, 0) is 35.1 Å². The van der Waals surface area contributed by atoms with Crippen LogP contribution in [-0.2, 0) is 6.42 Å². The third-order valence-electron chi connectivity index (χ3n) is 2.56. The van der Waals surface area contributed by atoms with Crippen molar-refractivity contribution in [3.8, 4) is 0 Å². The van der Waals surface area contributed by atoms with Gasteiger partial charge in [0, 0.05) is 39.9 Å². The predicted molar refractivity (Wildman–Crippen MR) is 104 cm³/mol. The van der Waals surface area contributed by atoms with E-state index in [2.05, 4.69) is 42.9 Å². The molecule has 6 heteroatoms. The number of hydrogen-bond acceptors (Lipinski definition) is 6. The monoisotopic (exact) mass is 368 g/mol. The minimum Gasteiger partial charge on any atom is -0.261 e. The summed E-state index contributed by atoms with van der Waals surface area (Å²) >= 11 is 0. The molecule has 1 atom stereocenters. The fourth-order valence-electron chi connectivity index (χ4n) is 1.63. The van der Waals surface area contributed by atoms with Gasteiger partial charge in [-0.25, -0.2) is 4.98 Å². The molecule has 0 amide bonds. The molecule has 2 rings (SSSR count). The van der Waals surface area contributed by atoms with Crippen LogP contribution in [0.3, 0.4) is 0 Å². The zero-order valence-electron chi connectivity index (χ0n) is 12.9. The van der Waals surface area contributed by atoms with Gasteiger partial charge in [-0.2, -0.15) is 0 Å². The Kier molecular flexibility index (Phi) is 8.00. The van der Waals surface area contributed by atoms with Gasteiger partial charge in [0.15, 0.2) is 0 Å². The Morgan fingerprint density at radius 3 is 2.55 bits per heavy atom. The second kappa shape index (κ2) is 9.75. The van der Waals surface area contributed by atoms with Gasteiger partial charge in [-0.3, -0.25) is 4.98 Å². The molecule has 22 heavy (non-hydrogen) atoms. The predicted octanol–water partition coefficient (Wildman–Crippen LogP) is 6.00. The first-order valence-corrected chi connectivity index (χ1v) is 11.6. The van der Waals surface area contributed by atoms with Gasteiger partial charge >= 0.3 is 0 Å². The zero-order valence-corrected chi connectivity index (χ0v) is 16.2. The van der Waals surface area contributed by atoms with E-state index in [1.165, 1.54) is 4.90 Å². The van der Waals surface area contributed by atoms with Crippen LogP contribution in [0.25, 0.3) is 0 Å². The molecule has 0 aliphatic heterocycles. The Hall–Kier alpha value is -0.300. The second-order valence-electron chi connectivity index (χ2n) is 5.07. The molecular weight excluding hydrogens is 348 g/mol. The summed E-state index contributed by atoms with van der Waals surface area (Å²) in [4.78, 5) is 10.1. The summed E-state index contributed by atoms with van der Waals surface area (Å²) in [6.45, 7) is 6.67. The third-order valence-corrected chi connectivity index (χ3v) is 8.30. The first-order chi connectivity index (χ1) is 10.6. The molecule has 0 radical (unpaired) electrons. The van der Waals surface area contributed by atoms with E-state index in [4.69, 9.17) is 0 Å². The minimum absolute atomic E-state index is 0.498. The molecule has 0 spiro atoms. The topological polar surface area (TPSA) is 25.8 Å². The minimum atomic E-state index is 0.498. The van der Waals surface area contributed by atoms with Crippen molar-refractivity contribution in [3.05, 3.63) is 48.4 Å². The Morgan fingerprint density at radius 1 is 0.955 bits per heavy atom. The lowest BCUT2D eigenvalue weighted by atomic mass is 10.2. The van der Waals surface area contributed by atoms with Crippen molar-refractivity contribution in [1.29, 1.82) is 0 Å². The molecule has 0 saturated heterocycles. The van der Waals surface area contributed by atoms with Crippen LogP contribution >= 0.6 is 43.2 Å². The number of nitrogens with zero attached hydrogens (tertiary/aromatic N) is 2. The highest BCUT2D eigenvalue weighted by Crippen LogP contribution is 2.36. The van der Waals surface area contributed by atoms with Crippen molar-refractivity contribution in [2.45, 2.75) is 47.6 Å². The summed E-state index contributed by atoms with van der Waals surface area (Å²) in [7, 11) is 7.31. The van der Waals surface area contributed by atoms with Gasteiger partial charge in [-0.1, -0.05) is 59.2 Å². The van der Waals surface area contributed by atoms with E-state index >= 15 is 0 Å². The van der Waals surface area contributed by atoms with Crippen molar-refractivity contribution in [2.75, 3.05) is 0 Å².